The van der Waals surface area contributed by atoms with Crippen LogP contribution in [0.3, 0.4) is 0 Å². The molecular formula is C15H23NO. The summed E-state index contributed by atoms with van der Waals surface area (Å²) in [5.41, 5.74) is 2.60. The fourth-order valence-corrected chi connectivity index (χ4v) is 1.49. The molecule has 0 aliphatic rings. The van der Waals surface area contributed by atoms with E-state index in [1.165, 1.54) is 11.1 Å². The van der Waals surface area contributed by atoms with Crippen LogP contribution >= 0.6 is 0 Å². The Labute approximate surface area is 105 Å². The highest BCUT2D eigenvalue weighted by molar-refractivity contribution is 5.28. The van der Waals surface area contributed by atoms with Crippen molar-refractivity contribution in [2.75, 3.05) is 6.54 Å². The zero-order chi connectivity index (χ0) is 12.7. The first kappa shape index (κ1) is 13.8. The predicted octanol–water partition coefficient (Wildman–Crippen LogP) is 3.53. The van der Waals surface area contributed by atoms with Crippen LogP contribution in [0, 0.1) is 0 Å². The fraction of sp³-hybridized carbons (Fsp3) is 0.467. The van der Waals surface area contributed by atoms with Crippen molar-refractivity contribution >= 4 is 0 Å². The molecule has 1 rings (SSSR count). The van der Waals surface area contributed by atoms with Gasteiger partial charge in [-0.2, -0.15) is 0 Å². The number of allylic oxidation sites excluding steroid dienone is 1. The van der Waals surface area contributed by atoms with Crippen LogP contribution in [0.1, 0.15) is 33.3 Å². The van der Waals surface area contributed by atoms with Crippen LogP contribution in [0.5, 0.6) is 5.75 Å². The number of ether oxygens (including phenoxy) is 1. The van der Waals surface area contributed by atoms with Gasteiger partial charge in [-0.25, -0.2) is 0 Å². The van der Waals surface area contributed by atoms with Crippen molar-refractivity contribution in [3.05, 3.63) is 41.5 Å². The smallest absolute Gasteiger partial charge is 0.120 e. The van der Waals surface area contributed by atoms with Crippen LogP contribution in [0.4, 0.5) is 0 Å². The van der Waals surface area contributed by atoms with E-state index in [4.69, 9.17) is 4.74 Å². The highest BCUT2D eigenvalue weighted by Crippen LogP contribution is 2.14. The van der Waals surface area contributed by atoms with Crippen molar-refractivity contribution in [1.82, 2.24) is 5.32 Å². The summed E-state index contributed by atoms with van der Waals surface area (Å²) in [5, 5.41) is 3.38. The first-order valence-electron chi connectivity index (χ1n) is 6.17. The topological polar surface area (TPSA) is 21.3 Å². The molecule has 0 bridgehead atoms. The molecule has 0 heterocycles. The monoisotopic (exact) mass is 233 g/mol. The van der Waals surface area contributed by atoms with E-state index in [9.17, 15) is 0 Å². The Morgan fingerprint density at radius 2 is 2.12 bits per heavy atom. The van der Waals surface area contributed by atoms with Crippen LogP contribution < -0.4 is 10.1 Å². The van der Waals surface area contributed by atoms with Crippen molar-refractivity contribution < 1.29 is 4.74 Å². The van der Waals surface area contributed by atoms with Crippen LogP contribution in [0.25, 0.3) is 0 Å². The largest absolute Gasteiger partial charge is 0.491 e. The average molecular weight is 233 g/mol. The average Bonchev–Trinajstić information content (AvgIpc) is 2.24. The van der Waals surface area contributed by atoms with E-state index in [1.807, 2.05) is 26.0 Å². The molecule has 0 atom stereocenters. The van der Waals surface area contributed by atoms with Crippen molar-refractivity contribution in [2.24, 2.45) is 0 Å². The lowest BCUT2D eigenvalue weighted by molar-refractivity contribution is 0.242. The van der Waals surface area contributed by atoms with Crippen LogP contribution in [0.2, 0.25) is 0 Å². The summed E-state index contributed by atoms with van der Waals surface area (Å²) in [7, 11) is 0. The van der Waals surface area contributed by atoms with Gasteiger partial charge in [-0.15, -0.1) is 0 Å². The molecule has 1 aromatic rings. The molecule has 1 N–H and O–H groups in total. The van der Waals surface area contributed by atoms with Gasteiger partial charge in [0.15, 0.2) is 0 Å². The van der Waals surface area contributed by atoms with Crippen LogP contribution in [-0.2, 0) is 6.54 Å². The quantitative estimate of drug-likeness (QED) is 0.599. The van der Waals surface area contributed by atoms with Crippen molar-refractivity contribution in [3.8, 4) is 5.75 Å². The third-order valence-corrected chi connectivity index (χ3v) is 2.25. The third kappa shape index (κ3) is 6.12. The van der Waals surface area contributed by atoms with E-state index in [-0.39, 0.29) is 6.10 Å². The molecule has 0 unspecified atom stereocenters. The Morgan fingerprint density at radius 3 is 2.76 bits per heavy atom. The molecule has 0 fully saturated rings. The molecule has 0 aliphatic carbocycles. The minimum Gasteiger partial charge on any atom is -0.491 e. The van der Waals surface area contributed by atoms with E-state index in [2.05, 4.69) is 37.4 Å². The van der Waals surface area contributed by atoms with Gasteiger partial charge in [-0.1, -0.05) is 23.8 Å². The minimum absolute atomic E-state index is 0.226. The molecule has 17 heavy (non-hydrogen) atoms. The van der Waals surface area contributed by atoms with Gasteiger partial charge in [0.2, 0.25) is 0 Å². The molecular weight excluding hydrogens is 210 g/mol. The standard InChI is InChI=1S/C15H23NO/c1-12(2)8-9-16-11-14-6-5-7-15(10-14)17-13(3)4/h5-8,10,13,16H,9,11H2,1-4H3. The summed E-state index contributed by atoms with van der Waals surface area (Å²) in [6.07, 6.45) is 2.41. The van der Waals surface area contributed by atoms with Gasteiger partial charge in [-0.3, -0.25) is 0 Å². The Morgan fingerprint density at radius 1 is 1.35 bits per heavy atom. The predicted molar refractivity (Wildman–Crippen MR) is 73.3 cm³/mol. The molecule has 1 aromatic carbocycles. The van der Waals surface area contributed by atoms with Crippen molar-refractivity contribution in [3.63, 3.8) is 0 Å². The summed E-state index contributed by atoms with van der Waals surface area (Å²) in [4.78, 5) is 0. The Hall–Kier alpha value is -1.28. The van der Waals surface area contributed by atoms with Crippen LogP contribution in [-0.4, -0.2) is 12.6 Å². The lowest BCUT2D eigenvalue weighted by atomic mass is 10.2. The fourth-order valence-electron chi connectivity index (χ4n) is 1.49. The minimum atomic E-state index is 0.226. The SMILES string of the molecule is CC(C)=CCNCc1cccc(OC(C)C)c1. The Kier molecular flexibility index (Phi) is 5.78. The summed E-state index contributed by atoms with van der Waals surface area (Å²) in [6.45, 7) is 10.1. The molecule has 0 saturated heterocycles. The summed E-state index contributed by atoms with van der Waals surface area (Å²) < 4.78 is 5.66. The van der Waals surface area contributed by atoms with Gasteiger partial charge in [0, 0.05) is 13.1 Å². The van der Waals surface area contributed by atoms with Gasteiger partial charge in [0.25, 0.3) is 0 Å². The van der Waals surface area contributed by atoms with E-state index in [0.717, 1.165) is 18.8 Å². The number of hydrogen-bond donors (Lipinski definition) is 1. The summed E-state index contributed by atoms with van der Waals surface area (Å²) in [5.74, 6) is 0.946. The molecule has 0 aliphatic heterocycles. The second-order valence-electron chi connectivity index (χ2n) is 4.73. The maximum atomic E-state index is 5.66. The van der Waals surface area contributed by atoms with E-state index in [1.54, 1.807) is 0 Å². The lowest BCUT2D eigenvalue weighted by Crippen LogP contribution is -2.13. The highest BCUT2D eigenvalue weighted by Gasteiger charge is 1.98. The number of nitrogens with one attached hydrogen (secondary N) is 1. The summed E-state index contributed by atoms with van der Waals surface area (Å²) >= 11 is 0. The third-order valence-electron chi connectivity index (χ3n) is 2.25. The van der Waals surface area contributed by atoms with Gasteiger partial charge in [0.1, 0.15) is 5.75 Å². The zero-order valence-electron chi connectivity index (χ0n) is 11.3. The van der Waals surface area contributed by atoms with Gasteiger partial charge >= 0.3 is 0 Å². The molecule has 0 saturated carbocycles. The Bertz CT molecular complexity index is 365. The normalized spacial score (nSPS) is 10.4. The number of rotatable bonds is 6. The maximum Gasteiger partial charge on any atom is 0.120 e. The van der Waals surface area contributed by atoms with Crippen LogP contribution in [0.15, 0.2) is 35.9 Å². The second kappa shape index (κ2) is 7.13. The first-order chi connectivity index (χ1) is 8.08. The van der Waals surface area contributed by atoms with E-state index in [0.29, 0.717) is 0 Å². The molecule has 0 spiro atoms. The molecule has 0 aromatic heterocycles. The Balaban J connectivity index is 2.45. The van der Waals surface area contributed by atoms with Crippen molar-refractivity contribution in [1.29, 1.82) is 0 Å². The number of hydrogen-bond acceptors (Lipinski definition) is 2. The van der Waals surface area contributed by atoms with Crippen molar-refractivity contribution in [2.45, 2.75) is 40.3 Å². The van der Waals surface area contributed by atoms with Gasteiger partial charge in [0.05, 0.1) is 6.10 Å². The molecule has 94 valence electrons. The number of benzene rings is 1. The molecule has 0 radical (unpaired) electrons. The zero-order valence-corrected chi connectivity index (χ0v) is 11.3. The van der Waals surface area contributed by atoms with E-state index >= 15 is 0 Å². The highest BCUT2D eigenvalue weighted by atomic mass is 16.5. The molecule has 0 amide bonds. The molecule has 2 nitrogen and oxygen atoms in total. The van der Waals surface area contributed by atoms with Gasteiger partial charge < -0.3 is 10.1 Å². The molecule has 2 heteroatoms. The van der Waals surface area contributed by atoms with E-state index < -0.39 is 0 Å². The lowest BCUT2D eigenvalue weighted by Gasteiger charge is -2.11. The summed E-state index contributed by atoms with van der Waals surface area (Å²) in [6, 6.07) is 8.24. The van der Waals surface area contributed by atoms with Gasteiger partial charge in [-0.05, 0) is 45.4 Å². The maximum absolute atomic E-state index is 5.66. The first-order valence-corrected chi connectivity index (χ1v) is 6.17. The second-order valence-corrected chi connectivity index (χ2v) is 4.73.